The van der Waals surface area contributed by atoms with E-state index in [-0.39, 0.29) is 20.9 Å². The van der Waals surface area contributed by atoms with Crippen LogP contribution < -0.4 is 11.4 Å². The largest absolute Gasteiger partial charge is 0.414 e. The van der Waals surface area contributed by atoms with Crippen molar-refractivity contribution in [1.29, 1.82) is 0 Å². The third-order valence-corrected chi connectivity index (χ3v) is 23.7. The van der Waals surface area contributed by atoms with E-state index in [0.29, 0.717) is 10.2 Å². The summed E-state index contributed by atoms with van der Waals surface area (Å²) in [5.74, 6) is 0.212. The van der Waals surface area contributed by atoms with Gasteiger partial charge in [-0.15, -0.1) is 0 Å². The summed E-state index contributed by atoms with van der Waals surface area (Å²) in [5, 5.41) is -0.0221. The fourth-order valence-corrected chi connectivity index (χ4v) is 7.55. The monoisotopic (exact) mass is 711 g/mol. The van der Waals surface area contributed by atoms with E-state index in [1.54, 1.807) is 6.20 Å². The maximum atomic E-state index is 13.2. The molecule has 1 aliphatic rings. The summed E-state index contributed by atoms with van der Waals surface area (Å²) in [6, 6.07) is 0. The minimum Gasteiger partial charge on any atom is -0.414 e. The smallest absolute Gasteiger partial charge is 0.351 e. The van der Waals surface area contributed by atoms with Crippen LogP contribution in [0.4, 0.5) is 5.82 Å². The quantitative estimate of drug-likeness (QED) is 0.226. The standard InChI is InChI=1S/C27H54IN3O5Si3/c1-25(2,3)37(10,11)33-17-19-20(35-38(12,13)26(4,5)6)21(36-39(14,15)27(7,8)9)23(34-19)31-16-18(28)22(29)30-24(31)32/h16,19-21,23H,17H2,1-15H3,(H2,29,30,32)/t19-,20-,21-,23-/m1/s1. The van der Waals surface area contributed by atoms with Crippen molar-refractivity contribution in [3.63, 3.8) is 0 Å². The average molecular weight is 712 g/mol. The van der Waals surface area contributed by atoms with Crippen LogP contribution in [0.3, 0.4) is 0 Å². The van der Waals surface area contributed by atoms with Crippen molar-refractivity contribution < 1.29 is 18.0 Å². The summed E-state index contributed by atoms with van der Waals surface area (Å²) in [6.45, 7) is 33.8. The van der Waals surface area contributed by atoms with Crippen molar-refractivity contribution >= 4 is 53.4 Å². The molecular weight excluding hydrogens is 657 g/mol. The average Bonchev–Trinajstić information content (AvgIpc) is 3.02. The number of nitrogens with zero attached hydrogens (tertiary/aromatic N) is 2. The predicted octanol–water partition coefficient (Wildman–Crippen LogP) is 7.13. The summed E-state index contributed by atoms with van der Waals surface area (Å²) in [6.07, 6.45) is -0.312. The third kappa shape index (κ3) is 7.85. The highest BCUT2D eigenvalue weighted by atomic mass is 127. The van der Waals surface area contributed by atoms with E-state index in [9.17, 15) is 4.79 Å². The molecule has 0 aromatic carbocycles. The highest BCUT2D eigenvalue weighted by Gasteiger charge is 2.55. The molecule has 0 unspecified atom stereocenters. The lowest BCUT2D eigenvalue weighted by atomic mass is 10.1. The van der Waals surface area contributed by atoms with E-state index in [1.165, 1.54) is 4.57 Å². The molecule has 2 N–H and O–H groups in total. The molecule has 0 amide bonds. The lowest BCUT2D eigenvalue weighted by molar-refractivity contribution is -0.0510. The Hall–Kier alpha value is -0.0994. The first kappa shape index (κ1) is 35.1. The van der Waals surface area contributed by atoms with Gasteiger partial charge in [-0.25, -0.2) is 4.79 Å². The molecule has 39 heavy (non-hydrogen) atoms. The van der Waals surface area contributed by atoms with Crippen molar-refractivity contribution in [3.05, 3.63) is 20.3 Å². The third-order valence-electron chi connectivity index (χ3n) is 9.38. The van der Waals surface area contributed by atoms with Crippen LogP contribution in [0.1, 0.15) is 68.5 Å². The van der Waals surface area contributed by atoms with Crippen molar-refractivity contribution in [2.75, 3.05) is 12.3 Å². The molecule has 1 aliphatic heterocycles. The fourth-order valence-electron chi connectivity index (χ4n) is 3.51. The first-order valence-electron chi connectivity index (χ1n) is 13.9. The molecule has 226 valence electrons. The SMILES string of the molecule is CC(C)(C)[Si](C)(C)OC[C@H]1O[C@@H](n2cc(I)c(N)nc2=O)[C@H](O[Si](C)(C)C(C)(C)C)[C@@H]1O[Si](C)(C)C(C)(C)C. The van der Waals surface area contributed by atoms with Crippen LogP contribution >= 0.6 is 22.6 Å². The molecule has 2 heterocycles. The fraction of sp³-hybridized carbons (Fsp3) is 0.852. The number of nitrogen functional groups attached to an aromatic ring is 1. The number of ether oxygens (including phenoxy) is 1. The molecular formula is C27H54IN3O5Si3. The van der Waals surface area contributed by atoms with E-state index >= 15 is 0 Å². The number of anilines is 1. The first-order chi connectivity index (χ1) is 17.2. The van der Waals surface area contributed by atoms with Gasteiger partial charge in [0, 0.05) is 6.20 Å². The van der Waals surface area contributed by atoms with Crippen LogP contribution in [-0.4, -0.2) is 59.4 Å². The topological polar surface area (TPSA) is 97.8 Å². The van der Waals surface area contributed by atoms with Gasteiger partial charge in [0.25, 0.3) is 0 Å². The minimum absolute atomic E-state index is 0.0214. The molecule has 1 fully saturated rings. The Labute approximate surface area is 253 Å². The van der Waals surface area contributed by atoms with Gasteiger partial charge in [0.1, 0.15) is 24.1 Å². The number of hydrogen-bond acceptors (Lipinski definition) is 7. The molecule has 1 aromatic heterocycles. The molecule has 0 radical (unpaired) electrons. The zero-order valence-corrected chi connectivity index (χ0v) is 32.1. The Morgan fingerprint density at radius 2 is 1.31 bits per heavy atom. The van der Waals surface area contributed by atoms with Crippen LogP contribution in [0.25, 0.3) is 0 Å². The number of halogens is 1. The zero-order valence-electron chi connectivity index (χ0n) is 27.0. The molecule has 2 rings (SSSR count). The van der Waals surface area contributed by atoms with Crippen molar-refractivity contribution in [3.8, 4) is 0 Å². The predicted molar refractivity (Wildman–Crippen MR) is 177 cm³/mol. The maximum Gasteiger partial charge on any atom is 0.351 e. The molecule has 0 bridgehead atoms. The van der Waals surface area contributed by atoms with Gasteiger partial charge >= 0.3 is 5.69 Å². The molecule has 8 nitrogen and oxygen atoms in total. The molecule has 0 saturated carbocycles. The highest BCUT2D eigenvalue weighted by Crippen LogP contribution is 2.46. The van der Waals surface area contributed by atoms with E-state index in [4.69, 9.17) is 23.7 Å². The second-order valence-corrected chi connectivity index (χ2v) is 31.0. The van der Waals surface area contributed by atoms with Gasteiger partial charge in [-0.1, -0.05) is 62.3 Å². The van der Waals surface area contributed by atoms with Gasteiger partial charge in [-0.05, 0) is 77.0 Å². The van der Waals surface area contributed by atoms with Crippen molar-refractivity contribution in [1.82, 2.24) is 9.55 Å². The summed E-state index contributed by atoms with van der Waals surface area (Å²) < 4.78 is 29.9. The highest BCUT2D eigenvalue weighted by molar-refractivity contribution is 14.1. The molecule has 0 spiro atoms. The van der Waals surface area contributed by atoms with Gasteiger partial charge in [0.05, 0.1) is 10.2 Å². The van der Waals surface area contributed by atoms with Gasteiger partial charge in [0.15, 0.2) is 31.2 Å². The van der Waals surface area contributed by atoms with Crippen LogP contribution in [0, 0.1) is 3.57 Å². The minimum atomic E-state index is -2.31. The Morgan fingerprint density at radius 3 is 1.74 bits per heavy atom. The van der Waals surface area contributed by atoms with E-state index in [1.807, 2.05) is 0 Å². The lowest BCUT2D eigenvalue weighted by Gasteiger charge is -2.44. The van der Waals surface area contributed by atoms with Gasteiger partial charge in [0.2, 0.25) is 0 Å². The van der Waals surface area contributed by atoms with E-state index in [0.717, 1.165) is 0 Å². The normalized spacial score (nSPS) is 23.9. The summed E-state index contributed by atoms with van der Waals surface area (Å²) in [4.78, 5) is 17.3. The second kappa shape index (κ2) is 11.5. The Bertz CT molecular complexity index is 1070. The first-order valence-corrected chi connectivity index (χ1v) is 23.7. The summed E-state index contributed by atoms with van der Waals surface area (Å²) in [7, 11) is -6.65. The van der Waals surface area contributed by atoms with Crippen LogP contribution in [0.2, 0.25) is 54.4 Å². The van der Waals surface area contributed by atoms with Gasteiger partial charge in [-0.2, -0.15) is 4.98 Å². The number of hydrogen-bond donors (Lipinski definition) is 1. The van der Waals surface area contributed by atoms with Crippen LogP contribution in [0.15, 0.2) is 11.0 Å². The summed E-state index contributed by atoms with van der Waals surface area (Å²) in [5.41, 5.74) is 5.51. The Kier molecular flexibility index (Phi) is 10.4. The summed E-state index contributed by atoms with van der Waals surface area (Å²) >= 11 is 2.10. The Balaban J connectivity index is 2.69. The molecule has 0 aliphatic carbocycles. The van der Waals surface area contributed by atoms with Crippen molar-refractivity contribution in [2.24, 2.45) is 0 Å². The maximum absolute atomic E-state index is 13.2. The molecule has 12 heteroatoms. The molecule has 4 atom stereocenters. The van der Waals surface area contributed by atoms with Gasteiger partial charge in [-0.3, -0.25) is 4.57 Å². The van der Waals surface area contributed by atoms with E-state index in [2.05, 4.69) is 129 Å². The van der Waals surface area contributed by atoms with E-state index < -0.39 is 55.2 Å². The molecule has 1 aromatic rings. The number of aromatic nitrogens is 2. The molecule has 1 saturated heterocycles. The van der Waals surface area contributed by atoms with Crippen molar-refractivity contribution in [2.45, 2.75) is 141 Å². The van der Waals surface area contributed by atoms with Gasteiger partial charge < -0.3 is 23.7 Å². The zero-order chi connectivity index (χ0) is 30.6. The number of rotatable bonds is 8. The lowest BCUT2D eigenvalue weighted by Crippen LogP contribution is -2.54. The number of nitrogens with two attached hydrogens (primary N) is 1. The van der Waals surface area contributed by atoms with Crippen LogP contribution in [-0.2, 0) is 18.0 Å². The van der Waals surface area contributed by atoms with Crippen LogP contribution in [0.5, 0.6) is 0 Å². The Morgan fingerprint density at radius 1 is 0.872 bits per heavy atom. The second-order valence-electron chi connectivity index (χ2n) is 15.5.